The lowest BCUT2D eigenvalue weighted by Gasteiger charge is -2.10. The number of nitrogens with one attached hydrogen (secondary N) is 1. The monoisotopic (exact) mass is 423 g/mol. The Morgan fingerprint density at radius 2 is 1.77 bits per heavy atom. The summed E-state index contributed by atoms with van der Waals surface area (Å²) in [6.07, 6.45) is 1.39. The molecule has 0 aliphatic rings. The predicted octanol–water partition coefficient (Wildman–Crippen LogP) is 4.17. The Balaban J connectivity index is 1.45. The highest BCUT2D eigenvalue weighted by Crippen LogP contribution is 2.27. The second kappa shape index (κ2) is 10.6. The van der Waals surface area contributed by atoms with Gasteiger partial charge in [-0.1, -0.05) is 49.3 Å². The lowest BCUT2D eigenvalue weighted by Crippen LogP contribution is -2.25. The SMILES string of the molecule is COc1ccc(CCNC(=O)CCc2nc(-c3ccc(C(C)C)cc3)no2)cc1OC. The third-order valence-electron chi connectivity index (χ3n) is 5.05. The van der Waals surface area contributed by atoms with Crippen LogP contribution in [0.5, 0.6) is 11.5 Å². The molecule has 1 N–H and O–H groups in total. The van der Waals surface area contributed by atoms with Crippen molar-refractivity contribution in [2.24, 2.45) is 0 Å². The maximum absolute atomic E-state index is 12.2. The third kappa shape index (κ3) is 6.07. The number of benzene rings is 2. The van der Waals surface area contributed by atoms with Gasteiger partial charge in [-0.25, -0.2) is 0 Å². The molecule has 0 aliphatic carbocycles. The summed E-state index contributed by atoms with van der Waals surface area (Å²) in [7, 11) is 3.21. The van der Waals surface area contributed by atoms with Gasteiger partial charge in [-0.2, -0.15) is 4.98 Å². The van der Waals surface area contributed by atoms with Gasteiger partial charge in [0, 0.05) is 24.9 Å². The number of carbonyl (C=O) groups excluding carboxylic acids is 1. The van der Waals surface area contributed by atoms with E-state index in [9.17, 15) is 4.79 Å². The molecule has 0 aliphatic heterocycles. The van der Waals surface area contributed by atoms with Crippen molar-refractivity contribution in [1.82, 2.24) is 15.5 Å². The molecule has 3 aromatic rings. The molecule has 164 valence electrons. The van der Waals surface area contributed by atoms with E-state index in [1.54, 1.807) is 14.2 Å². The maximum Gasteiger partial charge on any atom is 0.227 e. The van der Waals surface area contributed by atoms with Gasteiger partial charge in [-0.05, 0) is 35.6 Å². The number of aryl methyl sites for hydroxylation is 1. The molecular formula is C24H29N3O4. The standard InChI is InChI=1S/C24H29N3O4/c1-16(2)18-6-8-19(9-7-18)24-26-23(31-27-24)12-11-22(28)25-14-13-17-5-10-20(29-3)21(15-17)30-4/h5-10,15-16H,11-14H2,1-4H3,(H,25,28). The molecule has 7 nitrogen and oxygen atoms in total. The zero-order chi connectivity index (χ0) is 22.2. The van der Waals surface area contributed by atoms with Gasteiger partial charge in [0.1, 0.15) is 0 Å². The smallest absolute Gasteiger partial charge is 0.227 e. The largest absolute Gasteiger partial charge is 0.493 e. The first-order valence-electron chi connectivity index (χ1n) is 10.4. The summed E-state index contributed by atoms with van der Waals surface area (Å²) < 4.78 is 15.8. The molecule has 0 radical (unpaired) electrons. The van der Waals surface area contributed by atoms with E-state index in [1.165, 1.54) is 5.56 Å². The van der Waals surface area contributed by atoms with Gasteiger partial charge in [0.25, 0.3) is 0 Å². The van der Waals surface area contributed by atoms with E-state index >= 15 is 0 Å². The van der Waals surface area contributed by atoms with Crippen LogP contribution in [0, 0.1) is 0 Å². The van der Waals surface area contributed by atoms with Gasteiger partial charge in [-0.3, -0.25) is 4.79 Å². The van der Waals surface area contributed by atoms with Crippen LogP contribution < -0.4 is 14.8 Å². The molecule has 7 heteroatoms. The van der Waals surface area contributed by atoms with Crippen molar-refractivity contribution >= 4 is 5.91 Å². The Bertz CT molecular complexity index is 996. The summed E-state index contributed by atoms with van der Waals surface area (Å²) in [6, 6.07) is 13.9. The van der Waals surface area contributed by atoms with E-state index in [4.69, 9.17) is 14.0 Å². The summed E-state index contributed by atoms with van der Waals surface area (Å²) in [6.45, 7) is 4.84. The van der Waals surface area contributed by atoms with Crippen molar-refractivity contribution in [3.05, 3.63) is 59.5 Å². The van der Waals surface area contributed by atoms with E-state index in [2.05, 4.69) is 41.4 Å². The molecule has 1 heterocycles. The highest BCUT2D eigenvalue weighted by atomic mass is 16.5. The molecular weight excluding hydrogens is 394 g/mol. The third-order valence-corrected chi connectivity index (χ3v) is 5.05. The van der Waals surface area contributed by atoms with Crippen LogP contribution in [-0.2, 0) is 17.6 Å². The van der Waals surface area contributed by atoms with Gasteiger partial charge in [0.05, 0.1) is 14.2 Å². The average Bonchev–Trinajstić information content (AvgIpc) is 3.26. The number of hydrogen-bond donors (Lipinski definition) is 1. The van der Waals surface area contributed by atoms with Crippen LogP contribution >= 0.6 is 0 Å². The molecule has 0 saturated carbocycles. The lowest BCUT2D eigenvalue weighted by atomic mass is 10.0. The van der Waals surface area contributed by atoms with Crippen molar-refractivity contribution in [3.63, 3.8) is 0 Å². The Hall–Kier alpha value is -3.35. The highest BCUT2D eigenvalue weighted by molar-refractivity contribution is 5.76. The van der Waals surface area contributed by atoms with Crippen LogP contribution in [0.4, 0.5) is 0 Å². The van der Waals surface area contributed by atoms with E-state index in [0.29, 0.717) is 54.9 Å². The van der Waals surface area contributed by atoms with Crippen molar-refractivity contribution in [2.45, 2.75) is 39.0 Å². The number of ether oxygens (including phenoxy) is 2. The minimum atomic E-state index is -0.0542. The Labute approximate surface area is 182 Å². The van der Waals surface area contributed by atoms with Crippen molar-refractivity contribution in [2.75, 3.05) is 20.8 Å². The summed E-state index contributed by atoms with van der Waals surface area (Å²) in [5, 5.41) is 6.95. The molecule has 1 amide bonds. The van der Waals surface area contributed by atoms with Crippen LogP contribution in [0.25, 0.3) is 11.4 Å². The second-order valence-electron chi connectivity index (χ2n) is 7.58. The zero-order valence-corrected chi connectivity index (χ0v) is 18.5. The zero-order valence-electron chi connectivity index (χ0n) is 18.5. The number of carbonyl (C=O) groups is 1. The second-order valence-corrected chi connectivity index (χ2v) is 7.58. The van der Waals surface area contributed by atoms with Gasteiger partial charge in [0.2, 0.25) is 17.6 Å². The molecule has 2 aromatic carbocycles. The topological polar surface area (TPSA) is 86.5 Å². The van der Waals surface area contributed by atoms with Gasteiger partial charge in [0.15, 0.2) is 11.5 Å². The van der Waals surface area contributed by atoms with Crippen molar-refractivity contribution < 1.29 is 18.8 Å². The predicted molar refractivity (Wildman–Crippen MR) is 118 cm³/mol. The summed E-state index contributed by atoms with van der Waals surface area (Å²) >= 11 is 0. The quantitative estimate of drug-likeness (QED) is 0.527. The minimum absolute atomic E-state index is 0.0542. The Kier molecular flexibility index (Phi) is 7.65. The molecule has 0 unspecified atom stereocenters. The van der Waals surface area contributed by atoms with Gasteiger partial charge in [-0.15, -0.1) is 0 Å². The van der Waals surface area contributed by atoms with E-state index in [1.807, 2.05) is 30.3 Å². The van der Waals surface area contributed by atoms with Gasteiger partial charge >= 0.3 is 0 Å². The van der Waals surface area contributed by atoms with Crippen LogP contribution in [0.2, 0.25) is 0 Å². The molecule has 1 aromatic heterocycles. The number of amides is 1. The summed E-state index contributed by atoms with van der Waals surface area (Å²) in [5.74, 6) is 2.78. The Morgan fingerprint density at radius 1 is 1.03 bits per heavy atom. The maximum atomic E-state index is 12.2. The molecule has 0 fully saturated rings. The lowest BCUT2D eigenvalue weighted by molar-refractivity contribution is -0.121. The minimum Gasteiger partial charge on any atom is -0.493 e. The average molecular weight is 424 g/mol. The number of rotatable bonds is 10. The molecule has 0 atom stereocenters. The number of hydrogen-bond acceptors (Lipinski definition) is 6. The fourth-order valence-corrected chi connectivity index (χ4v) is 3.18. The fourth-order valence-electron chi connectivity index (χ4n) is 3.18. The highest BCUT2D eigenvalue weighted by Gasteiger charge is 2.11. The van der Waals surface area contributed by atoms with Crippen molar-refractivity contribution in [3.8, 4) is 22.9 Å². The fraction of sp³-hybridized carbons (Fsp3) is 0.375. The molecule has 0 bridgehead atoms. The molecule has 31 heavy (non-hydrogen) atoms. The van der Waals surface area contributed by atoms with Crippen LogP contribution in [0.3, 0.4) is 0 Å². The Morgan fingerprint density at radius 3 is 2.45 bits per heavy atom. The molecule has 3 rings (SSSR count). The first kappa shape index (κ1) is 22.3. The van der Waals surface area contributed by atoms with Gasteiger partial charge < -0.3 is 19.3 Å². The summed E-state index contributed by atoms with van der Waals surface area (Å²) in [5.41, 5.74) is 3.22. The number of nitrogens with zero attached hydrogens (tertiary/aromatic N) is 2. The van der Waals surface area contributed by atoms with E-state index in [-0.39, 0.29) is 5.91 Å². The van der Waals surface area contributed by atoms with Crippen LogP contribution in [0.15, 0.2) is 47.0 Å². The normalized spacial score (nSPS) is 10.9. The summed E-state index contributed by atoms with van der Waals surface area (Å²) in [4.78, 5) is 16.6. The first-order valence-corrected chi connectivity index (χ1v) is 10.4. The first-order chi connectivity index (χ1) is 15.0. The van der Waals surface area contributed by atoms with Crippen LogP contribution in [0.1, 0.15) is 43.2 Å². The molecule has 0 saturated heterocycles. The number of aromatic nitrogens is 2. The van der Waals surface area contributed by atoms with E-state index in [0.717, 1.165) is 11.1 Å². The van der Waals surface area contributed by atoms with E-state index < -0.39 is 0 Å². The van der Waals surface area contributed by atoms with Crippen molar-refractivity contribution in [1.29, 1.82) is 0 Å². The van der Waals surface area contributed by atoms with Crippen LogP contribution in [-0.4, -0.2) is 36.8 Å². The number of methoxy groups -OCH3 is 2. The molecule has 0 spiro atoms.